The van der Waals surface area contributed by atoms with Gasteiger partial charge in [0, 0.05) is 36.5 Å². The minimum atomic E-state index is 0.461. The van der Waals surface area contributed by atoms with Crippen LogP contribution in [0.4, 0.5) is 5.82 Å². The second-order valence-corrected chi connectivity index (χ2v) is 9.24. The summed E-state index contributed by atoms with van der Waals surface area (Å²) in [6, 6.07) is 12.2. The molecule has 1 aliphatic rings. The van der Waals surface area contributed by atoms with Crippen molar-refractivity contribution < 1.29 is 9.15 Å². The predicted octanol–water partition coefficient (Wildman–Crippen LogP) is 6.00. The zero-order valence-corrected chi connectivity index (χ0v) is 21.0. The number of ether oxygens (including phenoxy) is 1. The van der Waals surface area contributed by atoms with Gasteiger partial charge in [0.05, 0.1) is 18.9 Å². The van der Waals surface area contributed by atoms with Gasteiger partial charge in [0.2, 0.25) is 0 Å². The highest BCUT2D eigenvalue weighted by Gasteiger charge is 2.22. The maximum absolute atomic E-state index is 6.33. The Kier molecular flexibility index (Phi) is 6.82. The Morgan fingerprint density at radius 3 is 2.69 bits per heavy atom. The second-order valence-electron chi connectivity index (χ2n) is 9.24. The molecular formula is C29H31N5O2. The fourth-order valence-corrected chi connectivity index (χ4v) is 4.16. The Balaban J connectivity index is 1.59. The number of anilines is 1. The Bertz CT molecular complexity index is 1440. The van der Waals surface area contributed by atoms with Crippen LogP contribution in [-0.2, 0) is 4.74 Å². The summed E-state index contributed by atoms with van der Waals surface area (Å²) in [5.74, 6) is 2.41. The smallest absolute Gasteiger partial charge is 0.253 e. The average molecular weight is 482 g/mol. The Morgan fingerprint density at radius 1 is 1.11 bits per heavy atom. The SMILES string of the molecule is C=C/C(=C\C=C/C(C)C)c1cc2nc(-n3ccc(-c4cccc(C)c4)n3)nc(N3CCOCC3)c2o1. The number of aryl methyl sites for hydroxylation is 1. The normalized spacial score (nSPS) is 14.9. The number of hydrogen-bond donors (Lipinski definition) is 0. The lowest BCUT2D eigenvalue weighted by molar-refractivity contribution is 0.122. The molecule has 0 saturated carbocycles. The van der Waals surface area contributed by atoms with Crippen LogP contribution in [0.1, 0.15) is 25.2 Å². The van der Waals surface area contributed by atoms with Gasteiger partial charge in [-0.15, -0.1) is 0 Å². The molecule has 4 aromatic rings. The van der Waals surface area contributed by atoms with E-state index in [4.69, 9.17) is 24.2 Å². The lowest BCUT2D eigenvalue weighted by atomic mass is 10.1. The topological polar surface area (TPSA) is 69.2 Å². The van der Waals surface area contributed by atoms with Crippen molar-refractivity contribution in [3.63, 3.8) is 0 Å². The number of benzene rings is 1. The summed E-state index contributed by atoms with van der Waals surface area (Å²) >= 11 is 0. The van der Waals surface area contributed by atoms with Crippen LogP contribution in [0.25, 0.3) is 33.9 Å². The van der Waals surface area contributed by atoms with Gasteiger partial charge in [-0.2, -0.15) is 10.1 Å². The van der Waals surface area contributed by atoms with Crippen LogP contribution in [0.3, 0.4) is 0 Å². The van der Waals surface area contributed by atoms with Gasteiger partial charge in [-0.05, 0) is 25.0 Å². The molecule has 5 rings (SSSR count). The summed E-state index contributed by atoms with van der Waals surface area (Å²) in [6.07, 6.45) is 9.87. The van der Waals surface area contributed by atoms with Crippen molar-refractivity contribution in [2.24, 2.45) is 5.92 Å². The third kappa shape index (κ3) is 5.02. The maximum atomic E-state index is 6.33. The summed E-state index contributed by atoms with van der Waals surface area (Å²) in [7, 11) is 0. The number of allylic oxidation sites excluding steroid dienone is 5. The van der Waals surface area contributed by atoms with Gasteiger partial charge in [0.25, 0.3) is 5.95 Å². The molecule has 1 aliphatic heterocycles. The maximum Gasteiger partial charge on any atom is 0.253 e. The zero-order valence-electron chi connectivity index (χ0n) is 21.0. The van der Waals surface area contributed by atoms with Crippen LogP contribution in [0.15, 0.2) is 77.9 Å². The van der Waals surface area contributed by atoms with Crippen molar-refractivity contribution in [2.75, 3.05) is 31.2 Å². The van der Waals surface area contributed by atoms with E-state index in [1.807, 2.05) is 36.5 Å². The van der Waals surface area contributed by atoms with Crippen molar-refractivity contribution >= 4 is 22.5 Å². The van der Waals surface area contributed by atoms with Gasteiger partial charge in [-0.3, -0.25) is 0 Å². The highest BCUT2D eigenvalue weighted by Crippen LogP contribution is 2.32. The molecule has 36 heavy (non-hydrogen) atoms. The van der Waals surface area contributed by atoms with E-state index in [9.17, 15) is 0 Å². The number of hydrogen-bond acceptors (Lipinski definition) is 6. The van der Waals surface area contributed by atoms with E-state index in [0.29, 0.717) is 36.4 Å². The Morgan fingerprint density at radius 2 is 1.94 bits per heavy atom. The number of rotatable bonds is 7. The van der Waals surface area contributed by atoms with E-state index < -0.39 is 0 Å². The summed E-state index contributed by atoms with van der Waals surface area (Å²) in [6.45, 7) is 13.1. The van der Waals surface area contributed by atoms with Gasteiger partial charge in [-0.1, -0.05) is 68.5 Å². The predicted molar refractivity (Wildman–Crippen MR) is 144 cm³/mol. The summed E-state index contributed by atoms with van der Waals surface area (Å²) in [4.78, 5) is 11.9. The quantitative estimate of drug-likeness (QED) is 0.302. The molecular weight excluding hydrogens is 450 g/mol. The molecule has 3 aromatic heterocycles. The molecule has 0 radical (unpaired) electrons. The molecule has 1 aromatic carbocycles. The van der Waals surface area contributed by atoms with E-state index >= 15 is 0 Å². The molecule has 7 heteroatoms. The fraction of sp³-hybridized carbons (Fsp3) is 0.276. The third-order valence-electron chi connectivity index (χ3n) is 6.04. The van der Waals surface area contributed by atoms with Crippen molar-refractivity contribution in [2.45, 2.75) is 20.8 Å². The molecule has 0 amide bonds. The standard InChI is InChI=1S/C29H31N5O2/c1-5-22(10-6-8-20(2)3)26-19-25-27(36-26)28(33-14-16-35-17-15-33)31-29(30-25)34-13-12-24(32-34)23-11-7-9-21(4)18-23/h5-13,18-20H,1,14-17H2,2-4H3/b8-6-,22-10+. The number of furan rings is 1. The third-order valence-corrected chi connectivity index (χ3v) is 6.04. The van der Waals surface area contributed by atoms with Crippen LogP contribution in [-0.4, -0.2) is 46.1 Å². The van der Waals surface area contributed by atoms with E-state index in [1.54, 1.807) is 10.8 Å². The second kappa shape index (κ2) is 10.3. The summed E-state index contributed by atoms with van der Waals surface area (Å²) in [5, 5.41) is 4.78. The minimum absolute atomic E-state index is 0.461. The minimum Gasteiger partial charge on any atom is -0.450 e. The van der Waals surface area contributed by atoms with Crippen molar-refractivity contribution in [3.05, 3.63) is 84.8 Å². The molecule has 0 atom stereocenters. The molecule has 0 aliphatic carbocycles. The lowest BCUT2D eigenvalue weighted by Gasteiger charge is -2.27. The van der Waals surface area contributed by atoms with Crippen molar-refractivity contribution in [3.8, 4) is 17.2 Å². The van der Waals surface area contributed by atoms with E-state index in [2.05, 4.69) is 56.5 Å². The highest BCUT2D eigenvalue weighted by molar-refractivity contribution is 5.89. The van der Waals surface area contributed by atoms with Gasteiger partial charge in [0.15, 0.2) is 11.4 Å². The van der Waals surface area contributed by atoms with E-state index in [0.717, 1.165) is 41.3 Å². The van der Waals surface area contributed by atoms with Gasteiger partial charge >= 0.3 is 0 Å². The monoisotopic (exact) mass is 481 g/mol. The molecule has 0 bridgehead atoms. The van der Waals surface area contributed by atoms with Crippen LogP contribution < -0.4 is 4.90 Å². The van der Waals surface area contributed by atoms with Crippen LogP contribution in [0.5, 0.6) is 0 Å². The molecule has 0 unspecified atom stereocenters. The first-order valence-electron chi connectivity index (χ1n) is 12.3. The fourth-order valence-electron chi connectivity index (χ4n) is 4.16. The summed E-state index contributed by atoms with van der Waals surface area (Å²) in [5.41, 5.74) is 5.39. The molecule has 1 fully saturated rings. The van der Waals surface area contributed by atoms with Crippen LogP contribution in [0, 0.1) is 12.8 Å². The lowest BCUT2D eigenvalue weighted by Crippen LogP contribution is -2.37. The largest absolute Gasteiger partial charge is 0.450 e. The molecule has 7 nitrogen and oxygen atoms in total. The molecule has 4 heterocycles. The first-order valence-corrected chi connectivity index (χ1v) is 12.3. The Hall–Kier alpha value is -3.97. The van der Waals surface area contributed by atoms with Crippen LogP contribution >= 0.6 is 0 Å². The van der Waals surface area contributed by atoms with Gasteiger partial charge in [0.1, 0.15) is 11.3 Å². The molecule has 0 N–H and O–H groups in total. The number of fused-ring (bicyclic) bond motifs is 1. The number of aromatic nitrogens is 4. The molecule has 0 spiro atoms. The van der Waals surface area contributed by atoms with Crippen LogP contribution in [0.2, 0.25) is 0 Å². The van der Waals surface area contributed by atoms with Crippen molar-refractivity contribution in [1.82, 2.24) is 19.7 Å². The van der Waals surface area contributed by atoms with E-state index in [1.165, 1.54) is 5.56 Å². The molecule has 1 saturated heterocycles. The highest BCUT2D eigenvalue weighted by atomic mass is 16.5. The first-order chi connectivity index (χ1) is 17.5. The van der Waals surface area contributed by atoms with Gasteiger partial charge < -0.3 is 14.1 Å². The average Bonchev–Trinajstić information content (AvgIpc) is 3.54. The van der Waals surface area contributed by atoms with Gasteiger partial charge in [-0.25, -0.2) is 9.67 Å². The summed E-state index contributed by atoms with van der Waals surface area (Å²) < 4.78 is 13.6. The first kappa shape index (κ1) is 23.8. The number of nitrogens with zero attached hydrogens (tertiary/aromatic N) is 5. The zero-order chi connectivity index (χ0) is 25.1. The van der Waals surface area contributed by atoms with Crippen molar-refractivity contribution in [1.29, 1.82) is 0 Å². The number of morpholine rings is 1. The van der Waals surface area contributed by atoms with E-state index in [-0.39, 0.29) is 0 Å². The molecule has 184 valence electrons. The Labute approximate surface area is 211 Å².